The van der Waals surface area contributed by atoms with Gasteiger partial charge in [-0.15, -0.1) is 0 Å². The number of fused-ring (bicyclic) bond motifs is 2. The molecule has 0 radical (unpaired) electrons. The van der Waals surface area contributed by atoms with Gasteiger partial charge in [-0.3, -0.25) is 25.0 Å². The Balaban J connectivity index is 1.52. The molecule has 0 unspecified atom stereocenters. The number of aromatic nitrogens is 8. The van der Waals surface area contributed by atoms with Gasteiger partial charge in [0, 0.05) is 53.1 Å². The van der Waals surface area contributed by atoms with Crippen LogP contribution in [0.4, 0.5) is 0 Å². The minimum absolute atomic E-state index is 0.665. The summed E-state index contributed by atoms with van der Waals surface area (Å²) in [5.41, 5.74) is 6.87. The topological polar surface area (TPSA) is 109 Å². The van der Waals surface area contributed by atoms with Crippen molar-refractivity contribution in [2.75, 3.05) is 0 Å². The zero-order valence-corrected chi connectivity index (χ0v) is 15.6. The van der Waals surface area contributed by atoms with Crippen molar-refractivity contribution in [2.24, 2.45) is 0 Å². The molecule has 0 spiro atoms. The first-order valence-corrected chi connectivity index (χ1v) is 9.36. The third-order valence-electron chi connectivity index (χ3n) is 5.00. The van der Waals surface area contributed by atoms with E-state index in [4.69, 9.17) is 4.98 Å². The highest BCUT2D eigenvalue weighted by Crippen LogP contribution is 2.31. The SMILES string of the molecule is c1cncc(-c2cc3c(-c4nc5c(-c6cccnc6)cncc5[nH]4)n[nH]c3cn2)c1. The van der Waals surface area contributed by atoms with Gasteiger partial charge in [0.15, 0.2) is 5.82 Å². The molecule has 0 saturated carbocycles. The average molecular weight is 390 g/mol. The van der Waals surface area contributed by atoms with Crippen molar-refractivity contribution >= 4 is 21.9 Å². The minimum atomic E-state index is 0.665. The van der Waals surface area contributed by atoms with Crippen LogP contribution in [0.25, 0.3) is 55.8 Å². The molecule has 0 aliphatic carbocycles. The maximum atomic E-state index is 4.85. The van der Waals surface area contributed by atoms with Gasteiger partial charge < -0.3 is 4.98 Å². The first-order chi connectivity index (χ1) is 14.9. The molecule has 30 heavy (non-hydrogen) atoms. The van der Waals surface area contributed by atoms with Gasteiger partial charge in [-0.25, -0.2) is 4.98 Å². The molecule has 6 heterocycles. The summed E-state index contributed by atoms with van der Waals surface area (Å²) in [5.74, 6) is 0.665. The van der Waals surface area contributed by atoms with E-state index in [9.17, 15) is 0 Å². The number of imidazole rings is 1. The zero-order valence-electron chi connectivity index (χ0n) is 15.6. The summed E-state index contributed by atoms with van der Waals surface area (Å²) in [5, 5.41) is 8.46. The number of H-pyrrole nitrogens is 2. The highest BCUT2D eigenvalue weighted by atomic mass is 15.1. The Labute approximate surface area is 170 Å². The van der Waals surface area contributed by atoms with Gasteiger partial charge in [0.1, 0.15) is 11.2 Å². The van der Waals surface area contributed by atoms with Gasteiger partial charge in [0.2, 0.25) is 0 Å². The number of hydrogen-bond acceptors (Lipinski definition) is 6. The van der Waals surface area contributed by atoms with Crippen molar-refractivity contribution in [2.45, 2.75) is 0 Å². The third kappa shape index (κ3) is 2.62. The van der Waals surface area contributed by atoms with Gasteiger partial charge in [-0.2, -0.15) is 5.10 Å². The molecule has 0 fully saturated rings. The Kier molecular flexibility index (Phi) is 3.60. The lowest BCUT2D eigenvalue weighted by atomic mass is 10.1. The van der Waals surface area contributed by atoms with Crippen LogP contribution in [0.15, 0.2) is 73.7 Å². The van der Waals surface area contributed by atoms with Crippen LogP contribution in [-0.2, 0) is 0 Å². The highest BCUT2D eigenvalue weighted by molar-refractivity contribution is 5.97. The van der Waals surface area contributed by atoms with E-state index >= 15 is 0 Å². The van der Waals surface area contributed by atoms with E-state index in [-0.39, 0.29) is 0 Å². The molecule has 6 rings (SSSR count). The van der Waals surface area contributed by atoms with Crippen molar-refractivity contribution in [3.63, 3.8) is 0 Å². The Hall–Kier alpha value is -4.46. The van der Waals surface area contributed by atoms with Gasteiger partial charge in [0.05, 0.1) is 29.1 Å². The second-order valence-electron chi connectivity index (χ2n) is 6.84. The first-order valence-electron chi connectivity index (χ1n) is 9.36. The normalized spacial score (nSPS) is 11.3. The van der Waals surface area contributed by atoms with Crippen molar-refractivity contribution in [1.82, 2.24) is 40.1 Å². The van der Waals surface area contributed by atoms with Crippen LogP contribution in [-0.4, -0.2) is 40.1 Å². The molecule has 0 aliphatic heterocycles. The summed E-state index contributed by atoms with van der Waals surface area (Å²) >= 11 is 0. The van der Waals surface area contributed by atoms with Crippen LogP contribution in [0.2, 0.25) is 0 Å². The van der Waals surface area contributed by atoms with Crippen molar-refractivity contribution in [3.8, 4) is 33.9 Å². The zero-order chi connectivity index (χ0) is 19.9. The number of rotatable bonds is 3. The molecule has 8 nitrogen and oxygen atoms in total. The highest BCUT2D eigenvalue weighted by Gasteiger charge is 2.16. The Bertz CT molecular complexity index is 1490. The molecule has 0 saturated heterocycles. The standard InChI is InChI=1S/C22H14N8/c1-3-13(8-23-5-1)16-10-25-11-19-20(16)28-22(27-19)21-15-7-17(14-4-2-6-24-9-14)26-12-18(15)29-30-21/h1-12H,(H,27,28)(H,29,30). The van der Waals surface area contributed by atoms with Crippen molar-refractivity contribution in [3.05, 3.63) is 73.7 Å². The molecule has 6 aromatic heterocycles. The van der Waals surface area contributed by atoms with Crippen molar-refractivity contribution < 1.29 is 0 Å². The monoisotopic (exact) mass is 390 g/mol. The number of nitrogens with one attached hydrogen (secondary N) is 2. The molecule has 142 valence electrons. The van der Waals surface area contributed by atoms with Crippen LogP contribution in [0.5, 0.6) is 0 Å². The van der Waals surface area contributed by atoms with Crippen molar-refractivity contribution in [1.29, 1.82) is 0 Å². The van der Waals surface area contributed by atoms with Gasteiger partial charge in [-0.1, -0.05) is 6.07 Å². The lowest BCUT2D eigenvalue weighted by Gasteiger charge is -2.00. The van der Waals surface area contributed by atoms with E-state index in [2.05, 4.69) is 35.1 Å². The maximum Gasteiger partial charge on any atom is 0.159 e. The number of aromatic amines is 2. The predicted molar refractivity (Wildman–Crippen MR) is 113 cm³/mol. The third-order valence-corrected chi connectivity index (χ3v) is 5.00. The van der Waals surface area contributed by atoms with E-state index in [0.29, 0.717) is 5.82 Å². The fourth-order valence-corrected chi connectivity index (χ4v) is 3.55. The molecule has 6 aromatic rings. The average Bonchev–Trinajstić information content (AvgIpc) is 3.43. The van der Waals surface area contributed by atoms with Crippen LogP contribution >= 0.6 is 0 Å². The summed E-state index contributed by atoms with van der Waals surface area (Å²) in [4.78, 5) is 25.5. The smallest absolute Gasteiger partial charge is 0.159 e. The number of hydrogen-bond donors (Lipinski definition) is 2. The molecule has 0 bridgehead atoms. The Morgan fingerprint density at radius 2 is 1.60 bits per heavy atom. The van der Waals surface area contributed by atoms with Gasteiger partial charge >= 0.3 is 0 Å². The summed E-state index contributed by atoms with van der Waals surface area (Å²) < 4.78 is 0. The van der Waals surface area contributed by atoms with E-state index in [1.54, 1.807) is 43.4 Å². The summed E-state index contributed by atoms with van der Waals surface area (Å²) in [6.45, 7) is 0. The lowest BCUT2D eigenvalue weighted by molar-refractivity contribution is 1.10. The molecular weight excluding hydrogens is 376 g/mol. The quantitative estimate of drug-likeness (QED) is 0.472. The lowest BCUT2D eigenvalue weighted by Crippen LogP contribution is -1.86. The predicted octanol–water partition coefficient (Wildman–Crippen LogP) is 4.02. The molecule has 2 N–H and O–H groups in total. The molecule has 0 aromatic carbocycles. The van der Waals surface area contributed by atoms with Crippen LogP contribution in [0.1, 0.15) is 0 Å². The second kappa shape index (κ2) is 6.56. The Morgan fingerprint density at radius 1 is 0.767 bits per heavy atom. The van der Waals surface area contributed by atoms with E-state index < -0.39 is 0 Å². The number of pyridine rings is 4. The fourth-order valence-electron chi connectivity index (χ4n) is 3.55. The summed E-state index contributed by atoms with van der Waals surface area (Å²) in [6, 6.07) is 9.76. The van der Waals surface area contributed by atoms with E-state index in [0.717, 1.165) is 50.0 Å². The summed E-state index contributed by atoms with van der Waals surface area (Å²) in [7, 11) is 0. The van der Waals surface area contributed by atoms with Gasteiger partial charge in [-0.05, 0) is 24.3 Å². The van der Waals surface area contributed by atoms with Crippen LogP contribution in [0, 0.1) is 0 Å². The Morgan fingerprint density at radius 3 is 2.40 bits per heavy atom. The molecule has 0 amide bonds. The fraction of sp³-hybridized carbons (Fsp3) is 0. The maximum absolute atomic E-state index is 4.85. The van der Waals surface area contributed by atoms with Crippen LogP contribution < -0.4 is 0 Å². The first kappa shape index (κ1) is 16.5. The van der Waals surface area contributed by atoms with Gasteiger partial charge in [0.25, 0.3) is 0 Å². The molecule has 0 atom stereocenters. The van der Waals surface area contributed by atoms with E-state index in [1.807, 2.05) is 30.3 Å². The molecular formula is C22H14N8. The number of nitrogens with zero attached hydrogens (tertiary/aromatic N) is 6. The van der Waals surface area contributed by atoms with Crippen LogP contribution in [0.3, 0.4) is 0 Å². The largest absolute Gasteiger partial charge is 0.335 e. The second-order valence-corrected chi connectivity index (χ2v) is 6.84. The molecule has 0 aliphatic rings. The minimum Gasteiger partial charge on any atom is -0.335 e. The molecule has 8 heteroatoms. The van der Waals surface area contributed by atoms with E-state index in [1.165, 1.54) is 0 Å². The summed E-state index contributed by atoms with van der Waals surface area (Å²) in [6.07, 6.45) is 12.4.